The van der Waals surface area contributed by atoms with E-state index in [1.165, 1.54) is 0 Å². The van der Waals surface area contributed by atoms with Crippen molar-refractivity contribution >= 4 is 16.9 Å². The monoisotopic (exact) mass is 392 g/mol. The molecule has 2 aromatic carbocycles. The fourth-order valence-corrected chi connectivity index (χ4v) is 2.99. The van der Waals surface area contributed by atoms with Gasteiger partial charge in [0.25, 0.3) is 0 Å². The maximum atomic E-state index is 5.97. The number of hydrogen-bond donors (Lipinski definition) is 2. The first-order chi connectivity index (χ1) is 14.2. The Morgan fingerprint density at radius 3 is 2.72 bits per heavy atom. The van der Waals surface area contributed by atoms with Crippen LogP contribution in [-0.2, 0) is 6.54 Å². The molecule has 0 bridgehead atoms. The first kappa shape index (κ1) is 20.5. The Bertz CT molecular complexity index is 953. The Balaban J connectivity index is 1.61. The summed E-state index contributed by atoms with van der Waals surface area (Å²) in [5, 5.41) is 7.77. The SMILES string of the molecule is CCNC(=NCc1ccnc2ccccc12)NCC(C)Oc1cccc(OC)c1. The van der Waals surface area contributed by atoms with Gasteiger partial charge in [-0.2, -0.15) is 0 Å². The number of aliphatic imine (C=N–C) groups is 1. The third-order valence-corrected chi connectivity index (χ3v) is 4.43. The molecular formula is C23H28N4O2. The van der Waals surface area contributed by atoms with E-state index < -0.39 is 0 Å². The molecule has 152 valence electrons. The maximum absolute atomic E-state index is 5.97. The van der Waals surface area contributed by atoms with Crippen LogP contribution in [0.5, 0.6) is 11.5 Å². The predicted octanol–water partition coefficient (Wildman–Crippen LogP) is 3.77. The van der Waals surface area contributed by atoms with Crippen LogP contribution < -0.4 is 20.1 Å². The second kappa shape index (κ2) is 10.3. The fourth-order valence-electron chi connectivity index (χ4n) is 2.99. The molecule has 1 heterocycles. The minimum atomic E-state index is -0.0345. The van der Waals surface area contributed by atoms with E-state index in [1.807, 2.05) is 61.7 Å². The van der Waals surface area contributed by atoms with Crippen molar-refractivity contribution in [3.05, 3.63) is 66.4 Å². The highest BCUT2D eigenvalue weighted by Crippen LogP contribution is 2.20. The highest BCUT2D eigenvalue weighted by Gasteiger charge is 2.07. The number of fused-ring (bicyclic) bond motifs is 1. The Morgan fingerprint density at radius 1 is 1.07 bits per heavy atom. The van der Waals surface area contributed by atoms with Gasteiger partial charge in [0.2, 0.25) is 0 Å². The second-order valence-corrected chi connectivity index (χ2v) is 6.67. The van der Waals surface area contributed by atoms with Crippen molar-refractivity contribution in [1.29, 1.82) is 0 Å². The number of para-hydroxylation sites is 1. The summed E-state index contributed by atoms with van der Waals surface area (Å²) in [7, 11) is 1.65. The summed E-state index contributed by atoms with van der Waals surface area (Å²) < 4.78 is 11.2. The molecule has 2 N–H and O–H groups in total. The molecule has 29 heavy (non-hydrogen) atoms. The number of nitrogens with one attached hydrogen (secondary N) is 2. The van der Waals surface area contributed by atoms with Crippen LogP contribution in [-0.4, -0.2) is 37.2 Å². The van der Waals surface area contributed by atoms with Crippen molar-refractivity contribution in [2.24, 2.45) is 4.99 Å². The number of ether oxygens (including phenoxy) is 2. The molecule has 0 amide bonds. The van der Waals surface area contributed by atoms with Crippen LogP contribution >= 0.6 is 0 Å². The summed E-state index contributed by atoms with van der Waals surface area (Å²) in [6.07, 6.45) is 1.80. The highest BCUT2D eigenvalue weighted by atomic mass is 16.5. The molecule has 0 saturated heterocycles. The summed E-state index contributed by atoms with van der Waals surface area (Å²) in [6, 6.07) is 17.8. The van der Waals surface area contributed by atoms with Crippen molar-refractivity contribution < 1.29 is 9.47 Å². The molecule has 1 aromatic heterocycles. The first-order valence-electron chi connectivity index (χ1n) is 9.85. The fraction of sp³-hybridized carbons (Fsp3) is 0.304. The van der Waals surface area contributed by atoms with E-state index in [9.17, 15) is 0 Å². The Hall–Kier alpha value is -3.28. The minimum Gasteiger partial charge on any atom is -0.497 e. The van der Waals surface area contributed by atoms with Crippen molar-refractivity contribution in [2.75, 3.05) is 20.2 Å². The van der Waals surface area contributed by atoms with Crippen molar-refractivity contribution in [3.8, 4) is 11.5 Å². The average Bonchev–Trinajstić information content (AvgIpc) is 2.75. The van der Waals surface area contributed by atoms with Gasteiger partial charge >= 0.3 is 0 Å². The van der Waals surface area contributed by atoms with E-state index in [-0.39, 0.29) is 6.10 Å². The van der Waals surface area contributed by atoms with E-state index in [1.54, 1.807) is 7.11 Å². The maximum Gasteiger partial charge on any atom is 0.191 e. The number of methoxy groups -OCH3 is 1. The van der Waals surface area contributed by atoms with Crippen LogP contribution in [0, 0.1) is 0 Å². The number of pyridine rings is 1. The quantitative estimate of drug-likeness (QED) is 0.451. The van der Waals surface area contributed by atoms with Crippen LogP contribution in [0.3, 0.4) is 0 Å². The number of hydrogen-bond acceptors (Lipinski definition) is 4. The van der Waals surface area contributed by atoms with Gasteiger partial charge in [-0.1, -0.05) is 24.3 Å². The summed E-state index contributed by atoms with van der Waals surface area (Å²) in [6.45, 7) is 6.05. The largest absolute Gasteiger partial charge is 0.497 e. The lowest BCUT2D eigenvalue weighted by Crippen LogP contribution is -2.41. The van der Waals surface area contributed by atoms with E-state index in [4.69, 9.17) is 14.5 Å². The third kappa shape index (κ3) is 5.85. The molecule has 1 unspecified atom stereocenters. The van der Waals surface area contributed by atoms with Gasteiger partial charge in [0, 0.05) is 24.2 Å². The van der Waals surface area contributed by atoms with Crippen LogP contribution in [0.1, 0.15) is 19.4 Å². The Morgan fingerprint density at radius 2 is 1.90 bits per heavy atom. The molecule has 6 nitrogen and oxygen atoms in total. The van der Waals surface area contributed by atoms with E-state index in [0.29, 0.717) is 13.1 Å². The molecule has 0 radical (unpaired) electrons. The number of guanidine groups is 1. The molecule has 0 fully saturated rings. The normalized spacial score (nSPS) is 12.4. The van der Waals surface area contributed by atoms with Gasteiger partial charge in [0.05, 0.1) is 25.7 Å². The van der Waals surface area contributed by atoms with Gasteiger partial charge < -0.3 is 20.1 Å². The summed E-state index contributed by atoms with van der Waals surface area (Å²) in [4.78, 5) is 9.14. The number of benzene rings is 2. The van der Waals surface area contributed by atoms with Crippen LogP contribution in [0.25, 0.3) is 10.9 Å². The average molecular weight is 393 g/mol. The topological polar surface area (TPSA) is 67.8 Å². The van der Waals surface area contributed by atoms with Gasteiger partial charge in [-0.25, -0.2) is 4.99 Å². The molecule has 6 heteroatoms. The highest BCUT2D eigenvalue weighted by molar-refractivity contribution is 5.83. The van der Waals surface area contributed by atoms with Crippen molar-refractivity contribution in [2.45, 2.75) is 26.5 Å². The molecule has 0 aliphatic heterocycles. The van der Waals surface area contributed by atoms with Crippen LogP contribution in [0.15, 0.2) is 65.8 Å². The molecule has 0 aliphatic carbocycles. The lowest BCUT2D eigenvalue weighted by atomic mass is 10.1. The van der Waals surface area contributed by atoms with Crippen molar-refractivity contribution in [1.82, 2.24) is 15.6 Å². The summed E-state index contributed by atoms with van der Waals surface area (Å²) >= 11 is 0. The lowest BCUT2D eigenvalue weighted by Gasteiger charge is -2.18. The van der Waals surface area contributed by atoms with Crippen LogP contribution in [0.2, 0.25) is 0 Å². The zero-order valence-electron chi connectivity index (χ0n) is 17.2. The number of rotatable bonds is 8. The summed E-state index contributed by atoms with van der Waals surface area (Å²) in [5.41, 5.74) is 2.13. The number of aromatic nitrogens is 1. The van der Waals surface area contributed by atoms with Crippen molar-refractivity contribution in [3.63, 3.8) is 0 Å². The molecule has 0 spiro atoms. The van der Waals surface area contributed by atoms with Gasteiger partial charge in [-0.3, -0.25) is 4.98 Å². The third-order valence-electron chi connectivity index (χ3n) is 4.43. The Labute approximate surface area is 172 Å². The Kier molecular flexibility index (Phi) is 7.28. The molecule has 0 aliphatic rings. The molecule has 3 aromatic rings. The second-order valence-electron chi connectivity index (χ2n) is 6.67. The summed E-state index contributed by atoms with van der Waals surface area (Å²) in [5.74, 6) is 2.32. The van der Waals surface area contributed by atoms with Gasteiger partial charge in [0.15, 0.2) is 5.96 Å². The molecule has 0 saturated carbocycles. The van der Waals surface area contributed by atoms with E-state index in [0.717, 1.165) is 40.5 Å². The zero-order chi connectivity index (χ0) is 20.5. The zero-order valence-corrected chi connectivity index (χ0v) is 17.2. The minimum absolute atomic E-state index is 0.0345. The lowest BCUT2D eigenvalue weighted by molar-refractivity contribution is 0.223. The van der Waals surface area contributed by atoms with Gasteiger partial charge in [0.1, 0.15) is 17.6 Å². The number of nitrogens with zero attached hydrogens (tertiary/aromatic N) is 2. The molecule has 1 atom stereocenters. The van der Waals surface area contributed by atoms with E-state index >= 15 is 0 Å². The van der Waals surface area contributed by atoms with Crippen LogP contribution in [0.4, 0.5) is 0 Å². The first-order valence-corrected chi connectivity index (χ1v) is 9.85. The standard InChI is InChI=1S/C23H28N4O2/c1-4-24-23(26-15-17(2)29-20-9-7-8-19(14-20)28-3)27-16-18-12-13-25-22-11-6-5-10-21(18)22/h5-14,17H,4,15-16H2,1-3H3,(H2,24,26,27). The van der Waals surface area contributed by atoms with Gasteiger partial charge in [-0.15, -0.1) is 0 Å². The molecule has 3 rings (SSSR count). The van der Waals surface area contributed by atoms with E-state index in [2.05, 4.69) is 28.6 Å². The smallest absolute Gasteiger partial charge is 0.191 e. The predicted molar refractivity (Wildman–Crippen MR) is 118 cm³/mol. The molecular weight excluding hydrogens is 364 g/mol. The van der Waals surface area contributed by atoms with Gasteiger partial charge in [-0.05, 0) is 43.7 Å².